The van der Waals surface area contributed by atoms with Gasteiger partial charge in [0, 0.05) is 34.7 Å². The molecule has 0 aromatic heterocycles. The summed E-state index contributed by atoms with van der Waals surface area (Å²) >= 11 is 0. The molecule has 1 N–H and O–H groups in total. The van der Waals surface area contributed by atoms with E-state index in [1.54, 1.807) is 24.3 Å². The highest BCUT2D eigenvalue weighted by Crippen LogP contribution is 2.23. The van der Waals surface area contributed by atoms with Crippen LogP contribution in [0.5, 0.6) is 0 Å². The molecule has 0 unspecified atom stereocenters. The smallest absolute Gasteiger partial charge is 0.255 e. The van der Waals surface area contributed by atoms with Gasteiger partial charge in [0.1, 0.15) is 0 Å². The lowest BCUT2D eigenvalue weighted by molar-refractivity contribution is 0.102. The number of hydrogen-bond acceptors (Lipinski definition) is 5. The number of anilines is 1. The van der Waals surface area contributed by atoms with Crippen LogP contribution in [0.4, 0.5) is 5.69 Å². The lowest BCUT2D eigenvalue weighted by Crippen LogP contribution is -2.13. The maximum Gasteiger partial charge on any atom is 0.255 e. The Morgan fingerprint density at radius 1 is 0.862 bits per heavy atom. The molecule has 0 aliphatic heterocycles. The van der Waals surface area contributed by atoms with Gasteiger partial charge in [-0.2, -0.15) is 0 Å². The van der Waals surface area contributed by atoms with E-state index in [1.807, 2.05) is 20.8 Å². The number of rotatable bonds is 4. The van der Waals surface area contributed by atoms with E-state index in [-0.39, 0.29) is 20.9 Å². The molecule has 0 radical (unpaired) electrons. The number of sulfone groups is 2. The monoisotopic (exact) mass is 433 g/mol. The third-order valence-corrected chi connectivity index (χ3v) is 5.91. The van der Waals surface area contributed by atoms with E-state index < -0.39 is 25.6 Å². The zero-order valence-electron chi connectivity index (χ0n) is 16.9. The fourth-order valence-electron chi connectivity index (χ4n) is 2.24. The largest absolute Gasteiger partial charge is 0.322 e. The minimum absolute atomic E-state index is 0.0787. The molecule has 0 spiro atoms. The maximum absolute atomic E-state index is 12.5. The molecule has 29 heavy (non-hydrogen) atoms. The molecule has 0 saturated carbocycles. The number of carbonyl (C=O) groups is 1. The first-order valence-corrected chi connectivity index (χ1v) is 12.4. The molecule has 0 atom stereocenters. The number of hydrogen-bond donors (Lipinski definition) is 1. The van der Waals surface area contributed by atoms with E-state index in [1.165, 1.54) is 12.1 Å². The van der Waals surface area contributed by atoms with E-state index in [2.05, 4.69) is 17.2 Å². The Morgan fingerprint density at radius 3 is 1.76 bits per heavy atom. The topological polar surface area (TPSA) is 97.4 Å². The van der Waals surface area contributed by atoms with Crippen LogP contribution in [-0.2, 0) is 19.7 Å². The van der Waals surface area contributed by atoms with Crippen molar-refractivity contribution < 1.29 is 21.6 Å². The van der Waals surface area contributed by atoms with E-state index in [0.717, 1.165) is 24.1 Å². The van der Waals surface area contributed by atoms with Crippen molar-refractivity contribution in [2.24, 2.45) is 5.41 Å². The molecule has 0 aliphatic rings. The van der Waals surface area contributed by atoms with Crippen LogP contribution >= 0.6 is 0 Å². The van der Waals surface area contributed by atoms with Gasteiger partial charge in [-0.25, -0.2) is 16.8 Å². The summed E-state index contributed by atoms with van der Waals surface area (Å²) in [6, 6.07) is 10.1. The van der Waals surface area contributed by atoms with Crippen molar-refractivity contribution in [3.8, 4) is 11.8 Å². The van der Waals surface area contributed by atoms with Crippen molar-refractivity contribution in [2.45, 2.75) is 30.6 Å². The van der Waals surface area contributed by atoms with Gasteiger partial charge in [0.25, 0.3) is 5.91 Å². The van der Waals surface area contributed by atoms with Crippen LogP contribution in [-0.4, -0.2) is 35.3 Å². The fraction of sp³-hybridized carbons (Fsp3) is 0.286. The van der Waals surface area contributed by atoms with Gasteiger partial charge in [0.05, 0.1) is 9.79 Å². The number of amides is 1. The summed E-state index contributed by atoms with van der Waals surface area (Å²) in [5.74, 6) is 5.64. The number of benzene rings is 2. The van der Waals surface area contributed by atoms with E-state index >= 15 is 0 Å². The van der Waals surface area contributed by atoms with Crippen LogP contribution in [0.1, 0.15) is 36.7 Å². The van der Waals surface area contributed by atoms with Gasteiger partial charge in [-0.15, -0.1) is 0 Å². The minimum Gasteiger partial charge on any atom is -0.322 e. The summed E-state index contributed by atoms with van der Waals surface area (Å²) in [4.78, 5) is 12.1. The normalized spacial score (nSPS) is 12.0. The summed E-state index contributed by atoms with van der Waals surface area (Å²) in [5.41, 5.74) is 1.03. The van der Waals surface area contributed by atoms with E-state index in [0.29, 0.717) is 5.56 Å². The second kappa shape index (κ2) is 8.01. The zero-order valence-corrected chi connectivity index (χ0v) is 18.5. The van der Waals surface area contributed by atoms with Gasteiger partial charge >= 0.3 is 0 Å². The predicted molar refractivity (Wildman–Crippen MR) is 113 cm³/mol. The molecular weight excluding hydrogens is 410 g/mol. The maximum atomic E-state index is 12.5. The SMILES string of the molecule is CC(C)(C)C#Cc1ccc(C(=O)Nc2cc(S(C)(=O)=O)cc(S(C)(=O)=O)c2)cc1. The molecule has 2 aromatic carbocycles. The molecule has 0 aliphatic carbocycles. The second-order valence-electron chi connectivity index (χ2n) is 7.77. The average Bonchev–Trinajstić information content (AvgIpc) is 2.58. The highest BCUT2D eigenvalue weighted by atomic mass is 32.2. The Bertz CT molecular complexity index is 1160. The average molecular weight is 434 g/mol. The van der Waals surface area contributed by atoms with Crippen molar-refractivity contribution in [3.05, 3.63) is 53.6 Å². The molecule has 2 rings (SSSR count). The Morgan fingerprint density at radius 2 is 1.34 bits per heavy atom. The molecule has 0 heterocycles. The van der Waals surface area contributed by atoms with Gasteiger partial charge < -0.3 is 5.32 Å². The Labute approximate surface area is 172 Å². The lowest BCUT2D eigenvalue weighted by atomic mass is 9.97. The van der Waals surface area contributed by atoms with Crippen molar-refractivity contribution in [3.63, 3.8) is 0 Å². The summed E-state index contributed by atoms with van der Waals surface area (Å²) in [6.07, 6.45) is 1.94. The zero-order chi connectivity index (χ0) is 22.0. The van der Waals surface area contributed by atoms with Crippen LogP contribution in [0.2, 0.25) is 0 Å². The van der Waals surface area contributed by atoms with Crippen molar-refractivity contribution in [2.75, 3.05) is 17.8 Å². The first-order chi connectivity index (χ1) is 13.1. The Balaban J connectivity index is 2.34. The van der Waals surface area contributed by atoms with Crippen molar-refractivity contribution in [1.82, 2.24) is 0 Å². The van der Waals surface area contributed by atoms with Crippen LogP contribution in [0.3, 0.4) is 0 Å². The summed E-state index contributed by atoms with van der Waals surface area (Å²) in [6.45, 7) is 5.99. The predicted octanol–water partition coefficient (Wildman–Crippen LogP) is 3.14. The molecular formula is C21H23NO5S2. The molecule has 1 amide bonds. The Kier molecular flexibility index (Phi) is 6.26. The molecule has 6 nitrogen and oxygen atoms in total. The lowest BCUT2D eigenvalue weighted by Gasteiger charge is -2.10. The summed E-state index contributed by atoms with van der Waals surface area (Å²) < 4.78 is 47.5. The highest BCUT2D eigenvalue weighted by Gasteiger charge is 2.17. The van der Waals surface area contributed by atoms with E-state index in [4.69, 9.17) is 0 Å². The van der Waals surface area contributed by atoms with Gasteiger partial charge in [0.15, 0.2) is 19.7 Å². The molecule has 154 valence electrons. The van der Waals surface area contributed by atoms with Crippen LogP contribution in [0, 0.1) is 17.3 Å². The van der Waals surface area contributed by atoms with Crippen LogP contribution in [0.15, 0.2) is 52.3 Å². The molecule has 0 saturated heterocycles. The first kappa shape index (κ1) is 22.7. The van der Waals surface area contributed by atoms with Gasteiger partial charge in [-0.05, 0) is 63.2 Å². The quantitative estimate of drug-likeness (QED) is 0.747. The minimum atomic E-state index is -3.66. The highest BCUT2D eigenvalue weighted by molar-refractivity contribution is 7.91. The number of carbonyl (C=O) groups excluding carboxylic acids is 1. The third-order valence-electron chi connectivity index (χ3n) is 3.72. The third kappa shape index (κ3) is 6.73. The fourth-order valence-corrected chi connectivity index (χ4v) is 3.68. The van der Waals surface area contributed by atoms with Crippen LogP contribution in [0.25, 0.3) is 0 Å². The summed E-state index contributed by atoms with van der Waals surface area (Å²) in [7, 11) is -7.33. The van der Waals surface area contributed by atoms with Crippen LogP contribution < -0.4 is 5.32 Å². The number of nitrogens with one attached hydrogen (secondary N) is 1. The standard InChI is InChI=1S/C21H23NO5S2/c1-21(2,3)11-10-15-6-8-16(9-7-15)20(23)22-17-12-18(28(4,24)25)14-19(13-17)29(5,26)27/h6-9,12-14H,1-5H3,(H,22,23). The van der Waals surface area contributed by atoms with Crippen molar-refractivity contribution in [1.29, 1.82) is 0 Å². The Hall–Kier alpha value is -2.63. The molecule has 0 fully saturated rings. The second-order valence-corrected chi connectivity index (χ2v) is 11.8. The molecule has 0 bridgehead atoms. The van der Waals surface area contributed by atoms with Gasteiger partial charge in [-0.1, -0.05) is 11.8 Å². The first-order valence-electron chi connectivity index (χ1n) is 8.65. The van der Waals surface area contributed by atoms with Gasteiger partial charge in [-0.3, -0.25) is 4.79 Å². The molecule has 2 aromatic rings. The summed E-state index contributed by atoms with van der Waals surface area (Å²) in [5, 5.41) is 2.56. The van der Waals surface area contributed by atoms with E-state index in [9.17, 15) is 21.6 Å². The van der Waals surface area contributed by atoms with Gasteiger partial charge in [0.2, 0.25) is 0 Å². The molecule has 8 heteroatoms. The van der Waals surface area contributed by atoms with Crippen molar-refractivity contribution >= 4 is 31.3 Å².